The summed E-state index contributed by atoms with van der Waals surface area (Å²) in [7, 11) is 0. The fourth-order valence-electron chi connectivity index (χ4n) is 2.74. The van der Waals surface area contributed by atoms with E-state index in [0.717, 1.165) is 5.56 Å². The van der Waals surface area contributed by atoms with Crippen LogP contribution in [0.4, 0.5) is 5.69 Å². The zero-order chi connectivity index (χ0) is 22.4. The number of nitrogens with one attached hydrogen (secondary N) is 2. The van der Waals surface area contributed by atoms with E-state index in [9.17, 15) is 9.59 Å². The summed E-state index contributed by atoms with van der Waals surface area (Å²) in [4.78, 5) is 24.6. The summed E-state index contributed by atoms with van der Waals surface area (Å²) < 4.78 is 2.59. The van der Waals surface area contributed by atoms with Gasteiger partial charge in [0, 0.05) is 22.3 Å². The van der Waals surface area contributed by atoms with Crippen LogP contribution in [0.2, 0.25) is 5.02 Å². The second kappa shape index (κ2) is 10.8. The van der Waals surface area contributed by atoms with E-state index in [0.29, 0.717) is 38.3 Å². The third kappa shape index (κ3) is 6.32. The number of aromatic nitrogens is 3. The van der Waals surface area contributed by atoms with Gasteiger partial charge in [-0.25, -0.2) is 0 Å². The van der Waals surface area contributed by atoms with E-state index in [1.54, 1.807) is 30.3 Å². The first kappa shape index (κ1) is 23.3. The van der Waals surface area contributed by atoms with Gasteiger partial charge in [0.25, 0.3) is 5.91 Å². The lowest BCUT2D eigenvalue weighted by atomic mass is 10.1. The molecule has 1 aromatic heterocycles. The molecule has 1 heterocycles. The van der Waals surface area contributed by atoms with Crippen molar-refractivity contribution in [2.75, 3.05) is 11.1 Å². The number of anilines is 1. The van der Waals surface area contributed by atoms with Crippen LogP contribution >= 0.6 is 39.3 Å². The predicted octanol–water partition coefficient (Wildman–Crippen LogP) is 4.68. The molecule has 2 amide bonds. The summed E-state index contributed by atoms with van der Waals surface area (Å²) in [6.07, 6.45) is 0. The molecule has 0 bridgehead atoms. The second-order valence-electron chi connectivity index (χ2n) is 6.66. The van der Waals surface area contributed by atoms with Crippen molar-refractivity contribution < 1.29 is 9.59 Å². The number of halogens is 2. The standard InChI is InChI=1S/C21H21BrClN5O2S/c1-3-28-18(11-24-20(30)14-6-4-13(2)5-7-14)26-27-21(28)31-12-19(29)25-15-8-9-17(23)16(22)10-15/h4-10H,3,11-12H2,1-2H3,(H,24,30)(H,25,29). The Morgan fingerprint density at radius 3 is 2.58 bits per heavy atom. The lowest BCUT2D eigenvalue weighted by Gasteiger charge is -2.09. The van der Waals surface area contributed by atoms with Gasteiger partial charge in [-0.2, -0.15) is 0 Å². The molecule has 3 aromatic rings. The van der Waals surface area contributed by atoms with Crippen LogP contribution in [-0.4, -0.2) is 32.3 Å². The van der Waals surface area contributed by atoms with Gasteiger partial charge in [0.05, 0.1) is 17.3 Å². The van der Waals surface area contributed by atoms with Crippen molar-refractivity contribution in [3.63, 3.8) is 0 Å². The Kier molecular flexibility index (Phi) is 8.11. The number of hydrogen-bond donors (Lipinski definition) is 2. The maximum Gasteiger partial charge on any atom is 0.251 e. The molecule has 162 valence electrons. The summed E-state index contributed by atoms with van der Waals surface area (Å²) in [6, 6.07) is 12.5. The third-order valence-corrected chi connectivity index (χ3v) is 6.55. The minimum absolute atomic E-state index is 0.168. The van der Waals surface area contributed by atoms with Crippen molar-refractivity contribution in [3.8, 4) is 0 Å². The van der Waals surface area contributed by atoms with E-state index in [4.69, 9.17) is 11.6 Å². The first-order valence-electron chi connectivity index (χ1n) is 9.52. The summed E-state index contributed by atoms with van der Waals surface area (Å²) in [6.45, 7) is 4.80. The van der Waals surface area contributed by atoms with E-state index in [2.05, 4.69) is 36.8 Å². The Balaban J connectivity index is 1.56. The highest BCUT2D eigenvalue weighted by Gasteiger charge is 2.15. The quantitative estimate of drug-likeness (QED) is 0.419. The van der Waals surface area contributed by atoms with Crippen LogP contribution in [0.15, 0.2) is 52.1 Å². The van der Waals surface area contributed by atoms with Gasteiger partial charge >= 0.3 is 0 Å². The fraction of sp³-hybridized carbons (Fsp3) is 0.238. The monoisotopic (exact) mass is 521 g/mol. The maximum absolute atomic E-state index is 12.3. The molecule has 7 nitrogen and oxygen atoms in total. The number of thioether (sulfide) groups is 1. The molecule has 0 aliphatic rings. The summed E-state index contributed by atoms with van der Waals surface area (Å²) >= 11 is 10.6. The van der Waals surface area contributed by atoms with Crippen LogP contribution in [-0.2, 0) is 17.9 Å². The highest BCUT2D eigenvalue weighted by Crippen LogP contribution is 2.26. The molecule has 3 rings (SSSR count). The van der Waals surface area contributed by atoms with Gasteiger partial charge in [0.1, 0.15) is 0 Å². The molecule has 0 aliphatic heterocycles. The van der Waals surface area contributed by atoms with Crippen molar-refractivity contribution in [1.82, 2.24) is 20.1 Å². The number of carbonyl (C=O) groups is 2. The van der Waals surface area contributed by atoms with Crippen molar-refractivity contribution in [2.24, 2.45) is 0 Å². The molecular formula is C21H21BrClN5O2S. The molecule has 0 radical (unpaired) electrons. The lowest BCUT2D eigenvalue weighted by Crippen LogP contribution is -2.24. The smallest absolute Gasteiger partial charge is 0.251 e. The molecule has 0 atom stereocenters. The summed E-state index contributed by atoms with van der Waals surface area (Å²) in [5.41, 5.74) is 2.34. The van der Waals surface area contributed by atoms with Crippen LogP contribution in [0.1, 0.15) is 28.7 Å². The first-order valence-corrected chi connectivity index (χ1v) is 11.7. The highest BCUT2D eigenvalue weighted by atomic mass is 79.9. The normalized spacial score (nSPS) is 10.7. The van der Waals surface area contributed by atoms with E-state index < -0.39 is 0 Å². The number of amides is 2. The number of hydrogen-bond acceptors (Lipinski definition) is 5. The molecule has 0 fully saturated rings. The topological polar surface area (TPSA) is 88.9 Å². The fourth-order valence-corrected chi connectivity index (χ4v) is 4.06. The van der Waals surface area contributed by atoms with Crippen LogP contribution < -0.4 is 10.6 Å². The zero-order valence-electron chi connectivity index (χ0n) is 17.0. The lowest BCUT2D eigenvalue weighted by molar-refractivity contribution is -0.113. The molecule has 10 heteroatoms. The van der Waals surface area contributed by atoms with Crippen molar-refractivity contribution >= 4 is 56.8 Å². The average Bonchev–Trinajstić information content (AvgIpc) is 3.15. The minimum atomic E-state index is -0.173. The van der Waals surface area contributed by atoms with Gasteiger partial charge in [0.2, 0.25) is 5.91 Å². The minimum Gasteiger partial charge on any atom is -0.345 e. The van der Waals surface area contributed by atoms with Gasteiger partial charge in [-0.15, -0.1) is 10.2 Å². The molecule has 0 aliphatic carbocycles. The van der Waals surface area contributed by atoms with E-state index in [-0.39, 0.29) is 24.1 Å². The Morgan fingerprint density at radius 1 is 1.16 bits per heavy atom. The Morgan fingerprint density at radius 2 is 1.90 bits per heavy atom. The Hall–Kier alpha value is -2.36. The number of benzene rings is 2. The second-order valence-corrected chi connectivity index (χ2v) is 8.86. The van der Waals surface area contributed by atoms with Gasteiger partial charge < -0.3 is 15.2 Å². The van der Waals surface area contributed by atoms with Gasteiger partial charge in [-0.3, -0.25) is 9.59 Å². The zero-order valence-corrected chi connectivity index (χ0v) is 20.1. The average molecular weight is 523 g/mol. The van der Waals surface area contributed by atoms with Crippen LogP contribution in [0.25, 0.3) is 0 Å². The van der Waals surface area contributed by atoms with Gasteiger partial charge in [-0.05, 0) is 60.1 Å². The molecular weight excluding hydrogens is 502 g/mol. The van der Waals surface area contributed by atoms with Gasteiger partial charge in [-0.1, -0.05) is 41.1 Å². The van der Waals surface area contributed by atoms with E-state index in [1.165, 1.54) is 11.8 Å². The van der Waals surface area contributed by atoms with E-state index >= 15 is 0 Å². The van der Waals surface area contributed by atoms with Crippen LogP contribution in [0.3, 0.4) is 0 Å². The first-order chi connectivity index (χ1) is 14.9. The number of nitrogens with zero attached hydrogens (tertiary/aromatic N) is 3. The molecule has 0 spiro atoms. The maximum atomic E-state index is 12.3. The van der Waals surface area contributed by atoms with Crippen LogP contribution in [0.5, 0.6) is 0 Å². The third-order valence-electron chi connectivity index (χ3n) is 4.37. The predicted molar refractivity (Wildman–Crippen MR) is 127 cm³/mol. The molecule has 0 saturated heterocycles. The summed E-state index contributed by atoms with van der Waals surface area (Å²) in [5, 5.41) is 15.2. The molecule has 2 aromatic carbocycles. The Labute approximate surface area is 198 Å². The van der Waals surface area contributed by atoms with Crippen LogP contribution in [0, 0.1) is 6.92 Å². The largest absolute Gasteiger partial charge is 0.345 e. The highest BCUT2D eigenvalue weighted by molar-refractivity contribution is 9.10. The Bertz CT molecular complexity index is 1090. The molecule has 31 heavy (non-hydrogen) atoms. The van der Waals surface area contributed by atoms with Crippen molar-refractivity contribution in [2.45, 2.75) is 32.1 Å². The number of aryl methyl sites for hydroxylation is 1. The molecule has 2 N–H and O–H groups in total. The van der Waals surface area contributed by atoms with E-state index in [1.807, 2.05) is 30.5 Å². The SMILES string of the molecule is CCn1c(CNC(=O)c2ccc(C)cc2)nnc1SCC(=O)Nc1ccc(Cl)c(Br)c1. The molecule has 0 saturated carbocycles. The van der Waals surface area contributed by atoms with Crippen molar-refractivity contribution in [3.05, 3.63) is 68.9 Å². The number of carbonyl (C=O) groups excluding carboxylic acids is 2. The molecule has 0 unspecified atom stereocenters. The summed E-state index contributed by atoms with van der Waals surface area (Å²) in [5.74, 6) is 0.466. The van der Waals surface area contributed by atoms with Gasteiger partial charge in [0.15, 0.2) is 11.0 Å². The van der Waals surface area contributed by atoms with Crippen molar-refractivity contribution in [1.29, 1.82) is 0 Å². The number of rotatable bonds is 8.